The van der Waals surface area contributed by atoms with Gasteiger partial charge in [-0.15, -0.1) is 0 Å². The first-order valence-electron chi connectivity index (χ1n) is 11.8. The second-order valence-corrected chi connectivity index (χ2v) is 9.60. The standard InChI is InChI=1S/C24H35N7O2/c1-16(8-10-29(3)4)23(33)30-14-19(15-30)31(13-17-5-6-17)21-11-18(12-27-22(21)32)20-7-9-26-24(25-2)28-20/h7,9,11-12,16-17,19H,5-6,8,10,13-15H2,1-4H3,(H,27,32)(H,25,26,28). The molecule has 9 nitrogen and oxygen atoms in total. The Kier molecular flexibility index (Phi) is 6.97. The Balaban J connectivity index is 1.50. The molecule has 2 aliphatic rings. The summed E-state index contributed by atoms with van der Waals surface area (Å²) < 4.78 is 0. The number of rotatable bonds is 10. The molecule has 0 bridgehead atoms. The van der Waals surface area contributed by atoms with Gasteiger partial charge in [0.1, 0.15) is 5.69 Å². The maximum Gasteiger partial charge on any atom is 0.271 e. The van der Waals surface area contributed by atoms with E-state index in [-0.39, 0.29) is 23.4 Å². The average Bonchev–Trinajstić information content (AvgIpc) is 3.60. The lowest BCUT2D eigenvalue weighted by molar-refractivity contribution is -0.139. The Hall–Kier alpha value is -2.94. The summed E-state index contributed by atoms with van der Waals surface area (Å²) in [5.41, 5.74) is 2.14. The molecule has 2 aromatic heterocycles. The summed E-state index contributed by atoms with van der Waals surface area (Å²) in [6.07, 6.45) is 6.65. The molecule has 2 aromatic rings. The number of amides is 1. The number of likely N-dealkylation sites (tertiary alicyclic amines) is 1. The van der Waals surface area contributed by atoms with Gasteiger partial charge in [0, 0.05) is 50.6 Å². The normalized spacial score (nSPS) is 17.1. The van der Waals surface area contributed by atoms with Crippen molar-refractivity contribution in [3.05, 3.63) is 34.9 Å². The topological polar surface area (TPSA) is 97.5 Å². The molecule has 0 radical (unpaired) electrons. The van der Waals surface area contributed by atoms with E-state index in [0.29, 0.717) is 30.6 Å². The maximum atomic E-state index is 12.9. The molecule has 4 rings (SSSR count). The van der Waals surface area contributed by atoms with E-state index in [2.05, 4.69) is 30.1 Å². The summed E-state index contributed by atoms with van der Waals surface area (Å²) >= 11 is 0. The molecule has 1 atom stereocenters. The quantitative estimate of drug-likeness (QED) is 0.567. The SMILES string of the molecule is CNc1nccc(-c2c[nH]c(=O)c(N(CC3CC3)C3CN(C(=O)C(C)CCN(C)C)C3)c2)n1. The fraction of sp³-hybridized carbons (Fsp3) is 0.583. The van der Waals surface area contributed by atoms with E-state index in [1.54, 1.807) is 19.4 Å². The number of carbonyl (C=O) groups excluding carboxylic acids is 1. The molecular formula is C24H35N7O2. The van der Waals surface area contributed by atoms with Crippen molar-refractivity contribution in [1.82, 2.24) is 24.8 Å². The van der Waals surface area contributed by atoms with Gasteiger partial charge in [-0.25, -0.2) is 9.97 Å². The minimum atomic E-state index is -0.105. The van der Waals surface area contributed by atoms with Crippen LogP contribution in [0.4, 0.5) is 11.6 Å². The Bertz CT molecular complexity index is 1030. The molecule has 0 spiro atoms. The number of H-pyrrole nitrogens is 1. The summed E-state index contributed by atoms with van der Waals surface area (Å²) in [5, 5.41) is 2.95. The summed E-state index contributed by atoms with van der Waals surface area (Å²) in [6, 6.07) is 3.92. The zero-order chi connectivity index (χ0) is 23.5. The molecule has 1 aliphatic carbocycles. The van der Waals surface area contributed by atoms with Crippen molar-refractivity contribution in [2.75, 3.05) is 57.5 Å². The van der Waals surface area contributed by atoms with E-state index < -0.39 is 0 Å². The maximum absolute atomic E-state index is 12.9. The molecule has 3 heterocycles. The first kappa shape index (κ1) is 23.2. The van der Waals surface area contributed by atoms with Crippen LogP contribution in [-0.4, -0.2) is 84.0 Å². The number of carbonyl (C=O) groups is 1. The van der Waals surface area contributed by atoms with Gasteiger partial charge in [0.05, 0.1) is 11.7 Å². The van der Waals surface area contributed by atoms with Crippen molar-refractivity contribution in [2.24, 2.45) is 11.8 Å². The van der Waals surface area contributed by atoms with Crippen LogP contribution in [0.25, 0.3) is 11.3 Å². The molecular weight excluding hydrogens is 418 g/mol. The summed E-state index contributed by atoms with van der Waals surface area (Å²) in [7, 11) is 5.83. The fourth-order valence-electron chi connectivity index (χ4n) is 4.21. The number of anilines is 2. The van der Waals surface area contributed by atoms with Crippen LogP contribution < -0.4 is 15.8 Å². The lowest BCUT2D eigenvalue weighted by Gasteiger charge is -2.47. The number of aromatic nitrogens is 3. The number of nitrogens with one attached hydrogen (secondary N) is 2. The Morgan fingerprint density at radius 2 is 2.09 bits per heavy atom. The van der Waals surface area contributed by atoms with Crippen molar-refractivity contribution in [3.63, 3.8) is 0 Å². The second-order valence-electron chi connectivity index (χ2n) is 9.60. The van der Waals surface area contributed by atoms with Gasteiger partial charge < -0.3 is 25.0 Å². The van der Waals surface area contributed by atoms with Crippen LogP contribution in [0.5, 0.6) is 0 Å². The number of hydrogen-bond acceptors (Lipinski definition) is 7. The second kappa shape index (κ2) is 9.91. The molecule has 2 N–H and O–H groups in total. The van der Waals surface area contributed by atoms with Crippen LogP contribution in [-0.2, 0) is 4.79 Å². The fourth-order valence-corrected chi connectivity index (χ4v) is 4.21. The zero-order valence-corrected chi connectivity index (χ0v) is 20.0. The number of nitrogens with zero attached hydrogens (tertiary/aromatic N) is 5. The number of aromatic amines is 1. The number of hydrogen-bond donors (Lipinski definition) is 2. The van der Waals surface area contributed by atoms with Crippen molar-refractivity contribution < 1.29 is 4.79 Å². The summed E-state index contributed by atoms with van der Waals surface area (Å²) in [4.78, 5) is 43.5. The van der Waals surface area contributed by atoms with E-state index >= 15 is 0 Å². The average molecular weight is 454 g/mol. The highest BCUT2D eigenvalue weighted by molar-refractivity contribution is 5.79. The van der Waals surface area contributed by atoms with Crippen molar-refractivity contribution in [1.29, 1.82) is 0 Å². The number of pyridine rings is 1. The van der Waals surface area contributed by atoms with Crippen LogP contribution in [0.15, 0.2) is 29.3 Å². The largest absolute Gasteiger partial charge is 0.360 e. The Morgan fingerprint density at radius 3 is 2.76 bits per heavy atom. The molecule has 1 saturated heterocycles. The third-order valence-corrected chi connectivity index (χ3v) is 6.57. The van der Waals surface area contributed by atoms with Crippen LogP contribution >= 0.6 is 0 Å². The smallest absolute Gasteiger partial charge is 0.271 e. The molecule has 2 fully saturated rings. The predicted molar refractivity (Wildman–Crippen MR) is 130 cm³/mol. The van der Waals surface area contributed by atoms with E-state index in [0.717, 1.165) is 30.8 Å². The van der Waals surface area contributed by atoms with Gasteiger partial charge in [0.25, 0.3) is 5.56 Å². The molecule has 33 heavy (non-hydrogen) atoms. The lowest BCUT2D eigenvalue weighted by atomic mass is 9.99. The van der Waals surface area contributed by atoms with E-state index in [9.17, 15) is 9.59 Å². The van der Waals surface area contributed by atoms with Gasteiger partial charge in [0.2, 0.25) is 11.9 Å². The van der Waals surface area contributed by atoms with Gasteiger partial charge in [-0.2, -0.15) is 0 Å². The van der Waals surface area contributed by atoms with Crippen molar-refractivity contribution in [3.8, 4) is 11.3 Å². The van der Waals surface area contributed by atoms with Crippen LogP contribution in [0, 0.1) is 11.8 Å². The van der Waals surface area contributed by atoms with E-state index in [1.165, 1.54) is 12.8 Å². The first-order chi connectivity index (χ1) is 15.9. The van der Waals surface area contributed by atoms with E-state index in [1.807, 2.05) is 38.1 Å². The van der Waals surface area contributed by atoms with Crippen molar-refractivity contribution >= 4 is 17.5 Å². The lowest BCUT2D eigenvalue weighted by Crippen LogP contribution is -2.63. The molecule has 1 aliphatic heterocycles. The molecule has 0 aromatic carbocycles. The molecule has 9 heteroatoms. The van der Waals surface area contributed by atoms with Gasteiger partial charge in [-0.3, -0.25) is 9.59 Å². The van der Waals surface area contributed by atoms with Gasteiger partial charge in [-0.05, 0) is 58.0 Å². The highest BCUT2D eigenvalue weighted by Gasteiger charge is 2.39. The molecule has 1 amide bonds. The monoisotopic (exact) mass is 453 g/mol. The Morgan fingerprint density at radius 1 is 1.33 bits per heavy atom. The summed E-state index contributed by atoms with van der Waals surface area (Å²) in [6.45, 7) is 5.09. The van der Waals surface area contributed by atoms with Crippen LogP contribution in [0.1, 0.15) is 26.2 Å². The van der Waals surface area contributed by atoms with Crippen LogP contribution in [0.3, 0.4) is 0 Å². The van der Waals surface area contributed by atoms with Gasteiger partial charge >= 0.3 is 0 Å². The highest BCUT2D eigenvalue weighted by Crippen LogP contribution is 2.34. The molecule has 1 unspecified atom stereocenters. The summed E-state index contributed by atoms with van der Waals surface area (Å²) in [5.74, 6) is 1.37. The zero-order valence-electron chi connectivity index (χ0n) is 20.0. The first-order valence-corrected chi connectivity index (χ1v) is 11.8. The van der Waals surface area contributed by atoms with E-state index in [4.69, 9.17) is 0 Å². The van der Waals surface area contributed by atoms with Crippen molar-refractivity contribution in [2.45, 2.75) is 32.2 Å². The third kappa shape index (κ3) is 5.52. The molecule has 1 saturated carbocycles. The third-order valence-electron chi connectivity index (χ3n) is 6.57. The van der Waals surface area contributed by atoms with Gasteiger partial charge in [-0.1, -0.05) is 6.92 Å². The van der Waals surface area contributed by atoms with Gasteiger partial charge in [0.15, 0.2) is 0 Å². The minimum Gasteiger partial charge on any atom is -0.360 e. The predicted octanol–water partition coefficient (Wildman–Crippen LogP) is 1.89. The Labute approximate surface area is 195 Å². The highest BCUT2D eigenvalue weighted by atomic mass is 16.2. The minimum absolute atomic E-state index is 0.0103. The van der Waals surface area contributed by atoms with Crippen LogP contribution in [0.2, 0.25) is 0 Å². The molecule has 178 valence electrons.